The molecule has 178 valence electrons. The maximum Gasteiger partial charge on any atom is 0.270 e. The molecule has 0 aliphatic carbocycles. The Labute approximate surface area is 192 Å². The number of likely N-dealkylation sites (N-methyl/N-ethyl adjacent to an activating group) is 1. The van der Waals surface area contributed by atoms with Gasteiger partial charge < -0.3 is 20.3 Å². The van der Waals surface area contributed by atoms with Crippen LogP contribution in [-0.4, -0.2) is 52.5 Å². The summed E-state index contributed by atoms with van der Waals surface area (Å²) in [6, 6.07) is 8.47. The van der Waals surface area contributed by atoms with Gasteiger partial charge in [0.1, 0.15) is 11.7 Å². The van der Waals surface area contributed by atoms with Crippen LogP contribution in [0.4, 0.5) is 0 Å². The van der Waals surface area contributed by atoms with Gasteiger partial charge in [-0.1, -0.05) is 82.9 Å². The number of amides is 2. The van der Waals surface area contributed by atoms with Crippen molar-refractivity contribution in [3.63, 3.8) is 0 Å². The molecule has 0 saturated carbocycles. The van der Waals surface area contributed by atoms with Gasteiger partial charge in [-0.25, -0.2) is 0 Å². The predicted octanol–water partition coefficient (Wildman–Crippen LogP) is 5.03. The van der Waals surface area contributed by atoms with E-state index in [0.717, 1.165) is 23.7 Å². The lowest BCUT2D eigenvalue weighted by atomic mass is 10.1. The number of aliphatic hydroxyl groups is 1. The standard InChI is InChI=1S/C26H41N3O3/c1-4-5-6-7-8-9-10-11-12-15-18-27-25(31)24(20(2)30)29(3)26(32)23-19-21-16-13-14-17-22(21)28-23/h13-14,16-17,19-20,24,28,30H,4-12,15,18H2,1-3H3,(H,27,31)/t20-,24+/m1/s1. The number of aliphatic hydroxyl groups excluding tert-OH is 1. The molecule has 1 heterocycles. The summed E-state index contributed by atoms with van der Waals surface area (Å²) in [6.45, 7) is 4.34. The fraction of sp³-hybridized carbons (Fsp3) is 0.615. The molecule has 0 unspecified atom stereocenters. The number of hydrogen-bond donors (Lipinski definition) is 3. The molecule has 6 nitrogen and oxygen atoms in total. The summed E-state index contributed by atoms with van der Waals surface area (Å²) in [4.78, 5) is 30.1. The number of aromatic amines is 1. The lowest BCUT2D eigenvalue weighted by Gasteiger charge is -2.29. The number of hydrogen-bond acceptors (Lipinski definition) is 3. The van der Waals surface area contributed by atoms with E-state index in [2.05, 4.69) is 17.2 Å². The van der Waals surface area contributed by atoms with Crippen molar-refractivity contribution in [3.05, 3.63) is 36.0 Å². The molecule has 0 bridgehead atoms. The maximum atomic E-state index is 12.9. The molecular weight excluding hydrogens is 402 g/mol. The zero-order chi connectivity index (χ0) is 23.3. The van der Waals surface area contributed by atoms with Crippen molar-refractivity contribution in [2.45, 2.75) is 90.2 Å². The van der Waals surface area contributed by atoms with E-state index >= 15 is 0 Å². The number of H-pyrrole nitrogens is 1. The lowest BCUT2D eigenvalue weighted by Crippen LogP contribution is -2.53. The summed E-state index contributed by atoms with van der Waals surface area (Å²) in [5, 5.41) is 14.0. The number of fused-ring (bicyclic) bond motifs is 1. The molecule has 0 fully saturated rings. The van der Waals surface area contributed by atoms with Gasteiger partial charge in [-0.3, -0.25) is 9.59 Å². The summed E-state index contributed by atoms with van der Waals surface area (Å²) < 4.78 is 0. The summed E-state index contributed by atoms with van der Waals surface area (Å²) in [5.74, 6) is -0.635. The van der Waals surface area contributed by atoms with E-state index in [1.54, 1.807) is 20.0 Å². The lowest BCUT2D eigenvalue weighted by molar-refractivity contribution is -0.128. The molecule has 0 saturated heterocycles. The second-order valence-electron chi connectivity index (χ2n) is 8.84. The molecule has 0 radical (unpaired) electrons. The highest BCUT2D eigenvalue weighted by Crippen LogP contribution is 2.17. The summed E-state index contributed by atoms with van der Waals surface area (Å²) in [6.07, 6.45) is 11.4. The van der Waals surface area contributed by atoms with Crippen molar-refractivity contribution in [1.29, 1.82) is 0 Å². The molecule has 6 heteroatoms. The van der Waals surface area contributed by atoms with Crippen LogP contribution < -0.4 is 5.32 Å². The fourth-order valence-electron chi connectivity index (χ4n) is 4.15. The molecule has 3 N–H and O–H groups in total. The molecule has 0 aliphatic rings. The summed E-state index contributed by atoms with van der Waals surface area (Å²) >= 11 is 0. The normalized spacial score (nSPS) is 13.1. The highest BCUT2D eigenvalue weighted by atomic mass is 16.3. The molecule has 2 atom stereocenters. The van der Waals surface area contributed by atoms with Crippen LogP contribution in [0, 0.1) is 0 Å². The maximum absolute atomic E-state index is 12.9. The van der Waals surface area contributed by atoms with E-state index in [-0.39, 0.29) is 11.8 Å². The SMILES string of the molecule is CCCCCCCCCCCCNC(=O)[C@H]([C@@H](C)O)N(C)C(=O)c1cc2ccccc2[nH]1. The number of aromatic nitrogens is 1. The first kappa shape index (κ1) is 25.9. The predicted molar refractivity (Wildman–Crippen MR) is 131 cm³/mol. The van der Waals surface area contributed by atoms with Crippen LogP contribution >= 0.6 is 0 Å². The van der Waals surface area contributed by atoms with Gasteiger partial charge in [0.05, 0.1) is 6.10 Å². The summed E-state index contributed by atoms with van der Waals surface area (Å²) in [7, 11) is 1.56. The molecule has 2 rings (SSSR count). The quantitative estimate of drug-likeness (QED) is 0.338. The number of carbonyl (C=O) groups excluding carboxylic acids is 2. The van der Waals surface area contributed by atoms with Gasteiger partial charge in [0.2, 0.25) is 5.91 Å². The second-order valence-corrected chi connectivity index (χ2v) is 8.84. The third-order valence-corrected chi connectivity index (χ3v) is 6.05. The van der Waals surface area contributed by atoms with E-state index in [1.165, 1.54) is 56.3 Å². The number of rotatable bonds is 15. The van der Waals surface area contributed by atoms with E-state index in [1.807, 2.05) is 24.3 Å². The van der Waals surface area contributed by atoms with Crippen LogP contribution in [0.2, 0.25) is 0 Å². The zero-order valence-corrected chi connectivity index (χ0v) is 20.0. The van der Waals surface area contributed by atoms with Crippen molar-refractivity contribution >= 4 is 22.7 Å². The molecule has 32 heavy (non-hydrogen) atoms. The van der Waals surface area contributed by atoms with Gasteiger partial charge in [-0.05, 0) is 25.5 Å². The molecule has 2 amide bonds. The average molecular weight is 444 g/mol. The number of unbranched alkanes of at least 4 members (excludes halogenated alkanes) is 9. The number of para-hydroxylation sites is 1. The van der Waals surface area contributed by atoms with Gasteiger partial charge in [-0.2, -0.15) is 0 Å². The van der Waals surface area contributed by atoms with Gasteiger partial charge in [0, 0.05) is 24.5 Å². The first-order valence-electron chi connectivity index (χ1n) is 12.3. The van der Waals surface area contributed by atoms with E-state index in [0.29, 0.717) is 12.2 Å². The van der Waals surface area contributed by atoms with E-state index < -0.39 is 12.1 Å². The third kappa shape index (κ3) is 7.97. The number of benzene rings is 1. The zero-order valence-electron chi connectivity index (χ0n) is 20.0. The molecule has 1 aromatic carbocycles. The van der Waals surface area contributed by atoms with Crippen molar-refractivity contribution < 1.29 is 14.7 Å². The van der Waals surface area contributed by atoms with Crippen LogP contribution in [-0.2, 0) is 4.79 Å². The van der Waals surface area contributed by atoms with Crippen molar-refractivity contribution in [3.8, 4) is 0 Å². The van der Waals surface area contributed by atoms with Crippen LogP contribution in [0.25, 0.3) is 10.9 Å². The minimum atomic E-state index is -0.971. The van der Waals surface area contributed by atoms with E-state index in [4.69, 9.17) is 0 Å². The Morgan fingerprint density at radius 1 is 1.00 bits per heavy atom. The van der Waals surface area contributed by atoms with E-state index in [9.17, 15) is 14.7 Å². The fourth-order valence-corrected chi connectivity index (χ4v) is 4.15. The Kier molecular flexibility index (Phi) is 11.3. The Morgan fingerprint density at radius 3 is 2.19 bits per heavy atom. The molecule has 0 spiro atoms. The molecular formula is C26H41N3O3. The third-order valence-electron chi connectivity index (χ3n) is 6.05. The largest absolute Gasteiger partial charge is 0.391 e. The van der Waals surface area contributed by atoms with Crippen molar-refractivity contribution in [2.24, 2.45) is 0 Å². The smallest absolute Gasteiger partial charge is 0.270 e. The van der Waals surface area contributed by atoms with Gasteiger partial charge in [-0.15, -0.1) is 0 Å². The number of nitrogens with one attached hydrogen (secondary N) is 2. The molecule has 2 aromatic rings. The first-order chi connectivity index (χ1) is 15.5. The summed E-state index contributed by atoms with van der Waals surface area (Å²) in [5.41, 5.74) is 1.27. The highest BCUT2D eigenvalue weighted by Gasteiger charge is 2.32. The Balaban J connectivity index is 1.74. The molecule has 1 aromatic heterocycles. The van der Waals surface area contributed by atoms with Crippen molar-refractivity contribution in [1.82, 2.24) is 15.2 Å². The van der Waals surface area contributed by atoms with Gasteiger partial charge >= 0.3 is 0 Å². The van der Waals surface area contributed by atoms with Crippen molar-refractivity contribution in [2.75, 3.05) is 13.6 Å². The van der Waals surface area contributed by atoms with Crippen LogP contribution in [0.3, 0.4) is 0 Å². The minimum absolute atomic E-state index is 0.317. The Hall–Kier alpha value is -2.34. The topological polar surface area (TPSA) is 85.4 Å². The monoisotopic (exact) mass is 443 g/mol. The van der Waals surface area contributed by atoms with Crippen LogP contribution in [0.15, 0.2) is 30.3 Å². The average Bonchev–Trinajstić information content (AvgIpc) is 3.21. The second kappa shape index (κ2) is 13.9. The van der Waals surface area contributed by atoms with Crippen LogP contribution in [0.5, 0.6) is 0 Å². The first-order valence-corrected chi connectivity index (χ1v) is 12.3. The van der Waals surface area contributed by atoms with Gasteiger partial charge in [0.15, 0.2) is 0 Å². The minimum Gasteiger partial charge on any atom is -0.391 e. The highest BCUT2D eigenvalue weighted by molar-refractivity contribution is 6.00. The molecule has 0 aliphatic heterocycles. The Morgan fingerprint density at radius 2 is 1.59 bits per heavy atom. The number of nitrogens with zero attached hydrogens (tertiary/aromatic N) is 1. The van der Waals surface area contributed by atoms with Gasteiger partial charge in [0.25, 0.3) is 5.91 Å². The van der Waals surface area contributed by atoms with Crippen LogP contribution in [0.1, 0.15) is 88.5 Å². The number of carbonyl (C=O) groups is 2. The Bertz CT molecular complexity index is 798.